The number of halogens is 1. The van der Waals surface area contributed by atoms with E-state index in [9.17, 15) is 14.4 Å². The molecule has 8 nitrogen and oxygen atoms in total. The van der Waals surface area contributed by atoms with Crippen molar-refractivity contribution in [3.8, 4) is 0 Å². The second-order valence-corrected chi connectivity index (χ2v) is 7.22. The number of aryl methyl sites for hydroxylation is 1. The van der Waals surface area contributed by atoms with E-state index in [4.69, 9.17) is 11.6 Å². The van der Waals surface area contributed by atoms with Gasteiger partial charge in [-0.3, -0.25) is 19.4 Å². The van der Waals surface area contributed by atoms with Gasteiger partial charge in [-0.2, -0.15) is 5.11 Å². The highest BCUT2D eigenvalue weighted by Gasteiger charge is 2.55. The van der Waals surface area contributed by atoms with Crippen LogP contribution in [0.3, 0.4) is 0 Å². The number of anilines is 2. The van der Waals surface area contributed by atoms with Gasteiger partial charge in [0.15, 0.2) is 12.1 Å². The average Bonchev–Trinajstić information content (AvgIpc) is 3.22. The maximum Gasteiger partial charge on any atom is 0.263 e. The molecule has 2 aromatic carbocycles. The first-order chi connectivity index (χ1) is 14.0. The number of rotatable bonds is 5. The summed E-state index contributed by atoms with van der Waals surface area (Å²) in [4.78, 5) is 39.0. The van der Waals surface area contributed by atoms with E-state index in [-0.39, 0.29) is 12.5 Å². The van der Waals surface area contributed by atoms with Gasteiger partial charge in [0.05, 0.1) is 5.69 Å². The third-order valence-electron chi connectivity index (χ3n) is 4.88. The van der Waals surface area contributed by atoms with Crippen molar-refractivity contribution < 1.29 is 14.4 Å². The van der Waals surface area contributed by atoms with Crippen molar-refractivity contribution in [1.29, 1.82) is 0 Å². The third kappa shape index (κ3) is 3.58. The number of imide groups is 1. The summed E-state index contributed by atoms with van der Waals surface area (Å²) in [5.41, 5.74) is 2.18. The number of carbonyl (C=O) groups is 3. The summed E-state index contributed by atoms with van der Waals surface area (Å²) in [5, 5.41) is 12.2. The molecular formula is C20H18ClN5O3. The standard InChI is InChI=1S/C20H18ClN5O3/c1-2-12-6-8-14(9-7-12)22-16(27)11-25-18-17(23-24-25)19(28)26(20(18)29)15-5-3-4-13(21)10-15/h3-10,17-18H,2,11H2,1H3,(H,22,27)/t17-,18-/m0/s1. The fraction of sp³-hybridized carbons (Fsp3) is 0.250. The molecule has 148 valence electrons. The molecule has 9 heteroatoms. The maximum atomic E-state index is 12.9. The van der Waals surface area contributed by atoms with E-state index >= 15 is 0 Å². The number of amides is 3. The van der Waals surface area contributed by atoms with Crippen LogP contribution in [-0.2, 0) is 20.8 Å². The molecule has 0 bridgehead atoms. The van der Waals surface area contributed by atoms with Crippen molar-refractivity contribution in [3.05, 3.63) is 59.1 Å². The number of carbonyl (C=O) groups excluding carboxylic acids is 3. The molecule has 2 atom stereocenters. The van der Waals surface area contributed by atoms with Gasteiger partial charge in [0.2, 0.25) is 5.91 Å². The summed E-state index contributed by atoms with van der Waals surface area (Å²) in [6.45, 7) is 1.86. The van der Waals surface area contributed by atoms with Crippen molar-refractivity contribution in [2.24, 2.45) is 10.3 Å². The van der Waals surface area contributed by atoms with Crippen molar-refractivity contribution in [2.75, 3.05) is 16.8 Å². The first-order valence-corrected chi connectivity index (χ1v) is 9.55. The van der Waals surface area contributed by atoms with Gasteiger partial charge in [-0.05, 0) is 42.3 Å². The van der Waals surface area contributed by atoms with Crippen LogP contribution in [0.2, 0.25) is 5.02 Å². The van der Waals surface area contributed by atoms with E-state index in [1.165, 1.54) is 11.1 Å². The predicted molar refractivity (Wildman–Crippen MR) is 108 cm³/mol. The molecule has 3 amide bonds. The molecule has 0 aromatic heterocycles. The van der Waals surface area contributed by atoms with E-state index < -0.39 is 23.9 Å². The minimum Gasteiger partial charge on any atom is -0.324 e. The van der Waals surface area contributed by atoms with Gasteiger partial charge in [0, 0.05) is 10.7 Å². The molecule has 1 saturated heterocycles. The molecule has 1 fully saturated rings. The summed E-state index contributed by atoms with van der Waals surface area (Å²) in [6.07, 6.45) is 0.907. The number of hydrogen-bond donors (Lipinski definition) is 1. The summed E-state index contributed by atoms with van der Waals surface area (Å²) in [5.74, 6) is -1.31. The van der Waals surface area contributed by atoms with Crippen LogP contribution in [0.1, 0.15) is 12.5 Å². The second kappa shape index (κ2) is 7.63. The van der Waals surface area contributed by atoms with Gasteiger partial charge in [-0.15, -0.1) is 0 Å². The molecule has 1 N–H and O–H groups in total. The molecule has 0 radical (unpaired) electrons. The van der Waals surface area contributed by atoms with Gasteiger partial charge in [-0.1, -0.05) is 41.9 Å². The Kier molecular flexibility index (Phi) is 5.02. The van der Waals surface area contributed by atoms with E-state index in [2.05, 4.69) is 22.6 Å². The SMILES string of the molecule is CCc1ccc(NC(=O)CN2N=N[C@@H]3C(=O)N(c4cccc(Cl)c4)C(=O)[C@H]32)cc1. The van der Waals surface area contributed by atoms with Crippen molar-refractivity contribution in [3.63, 3.8) is 0 Å². The summed E-state index contributed by atoms with van der Waals surface area (Å²) in [6, 6.07) is 12.1. The Balaban J connectivity index is 1.46. The topological polar surface area (TPSA) is 94.4 Å². The first-order valence-electron chi connectivity index (χ1n) is 9.17. The zero-order valence-corrected chi connectivity index (χ0v) is 16.3. The van der Waals surface area contributed by atoms with Gasteiger partial charge in [0.25, 0.3) is 11.8 Å². The van der Waals surface area contributed by atoms with Crippen molar-refractivity contribution in [2.45, 2.75) is 25.4 Å². The maximum absolute atomic E-state index is 12.9. The molecule has 2 aliphatic rings. The lowest BCUT2D eigenvalue weighted by molar-refractivity contribution is -0.123. The lowest BCUT2D eigenvalue weighted by Crippen LogP contribution is -2.43. The quantitative estimate of drug-likeness (QED) is 0.765. The predicted octanol–water partition coefficient (Wildman–Crippen LogP) is 2.83. The second-order valence-electron chi connectivity index (χ2n) is 6.78. The third-order valence-corrected chi connectivity index (χ3v) is 5.11. The fourth-order valence-corrected chi connectivity index (χ4v) is 3.58. The van der Waals surface area contributed by atoms with Crippen LogP contribution in [0.25, 0.3) is 0 Å². The van der Waals surface area contributed by atoms with Crippen LogP contribution in [0.15, 0.2) is 58.9 Å². The highest BCUT2D eigenvalue weighted by Crippen LogP contribution is 2.32. The number of benzene rings is 2. The average molecular weight is 412 g/mol. The fourth-order valence-electron chi connectivity index (χ4n) is 3.39. The smallest absolute Gasteiger partial charge is 0.263 e. The largest absolute Gasteiger partial charge is 0.324 e. The molecule has 0 saturated carbocycles. The minimum absolute atomic E-state index is 0.192. The Bertz CT molecular complexity index is 1010. The molecule has 0 unspecified atom stereocenters. The summed E-state index contributed by atoms with van der Waals surface area (Å²) in [7, 11) is 0. The zero-order valence-electron chi connectivity index (χ0n) is 15.6. The van der Waals surface area contributed by atoms with Gasteiger partial charge in [0.1, 0.15) is 6.54 Å². The summed E-state index contributed by atoms with van der Waals surface area (Å²) < 4.78 is 0. The van der Waals surface area contributed by atoms with Crippen LogP contribution < -0.4 is 10.2 Å². The van der Waals surface area contributed by atoms with Crippen LogP contribution in [0, 0.1) is 0 Å². The lowest BCUT2D eigenvalue weighted by Gasteiger charge is -2.20. The molecule has 0 spiro atoms. The van der Waals surface area contributed by atoms with Crippen LogP contribution in [0.5, 0.6) is 0 Å². The molecular weight excluding hydrogens is 394 g/mol. The Hall–Kier alpha value is -3.26. The molecule has 2 aliphatic heterocycles. The molecule has 0 aliphatic carbocycles. The van der Waals surface area contributed by atoms with E-state index in [0.717, 1.165) is 16.9 Å². The highest BCUT2D eigenvalue weighted by molar-refractivity contribution is 6.31. The highest BCUT2D eigenvalue weighted by atomic mass is 35.5. The Morgan fingerprint density at radius 2 is 1.90 bits per heavy atom. The zero-order chi connectivity index (χ0) is 20.5. The number of nitrogens with one attached hydrogen (secondary N) is 1. The summed E-state index contributed by atoms with van der Waals surface area (Å²) >= 11 is 5.98. The van der Waals surface area contributed by atoms with Crippen molar-refractivity contribution >= 4 is 40.7 Å². The van der Waals surface area contributed by atoms with E-state index in [0.29, 0.717) is 16.4 Å². The number of fused-ring (bicyclic) bond motifs is 1. The molecule has 2 aromatic rings. The van der Waals surface area contributed by atoms with Crippen LogP contribution in [0.4, 0.5) is 11.4 Å². The first kappa shape index (κ1) is 19.1. The monoisotopic (exact) mass is 411 g/mol. The number of hydrogen-bond acceptors (Lipinski definition) is 6. The molecule has 2 heterocycles. The Labute approximate surface area is 172 Å². The van der Waals surface area contributed by atoms with Crippen LogP contribution >= 0.6 is 11.6 Å². The van der Waals surface area contributed by atoms with E-state index in [1.54, 1.807) is 18.2 Å². The Morgan fingerprint density at radius 1 is 1.14 bits per heavy atom. The van der Waals surface area contributed by atoms with Crippen molar-refractivity contribution in [1.82, 2.24) is 5.01 Å². The van der Waals surface area contributed by atoms with Gasteiger partial charge in [-0.25, -0.2) is 4.90 Å². The van der Waals surface area contributed by atoms with Crippen LogP contribution in [-0.4, -0.2) is 41.4 Å². The van der Waals surface area contributed by atoms with E-state index in [1.807, 2.05) is 24.3 Å². The Morgan fingerprint density at radius 3 is 2.59 bits per heavy atom. The minimum atomic E-state index is -0.960. The normalized spacial score (nSPS) is 20.3. The number of nitrogens with zero attached hydrogens (tertiary/aromatic N) is 4. The molecule has 4 rings (SSSR count). The van der Waals surface area contributed by atoms with Gasteiger partial charge >= 0.3 is 0 Å². The van der Waals surface area contributed by atoms with Gasteiger partial charge < -0.3 is 5.32 Å². The molecule has 29 heavy (non-hydrogen) atoms. The lowest BCUT2D eigenvalue weighted by atomic mass is 10.1.